The van der Waals surface area contributed by atoms with Crippen LogP contribution in [0.5, 0.6) is 0 Å². The number of halogens is 2. The van der Waals surface area contributed by atoms with Gasteiger partial charge < -0.3 is 4.42 Å². The number of alkyl halides is 2. The number of aromatic nitrogens is 5. The molecule has 0 aliphatic heterocycles. The van der Waals surface area contributed by atoms with Crippen molar-refractivity contribution in [1.82, 2.24) is 24.7 Å². The minimum atomic E-state index is -2.82. The van der Waals surface area contributed by atoms with Crippen LogP contribution in [0.1, 0.15) is 17.9 Å². The molecule has 0 fully saturated rings. The second-order valence-corrected chi connectivity index (χ2v) is 5.88. The van der Waals surface area contributed by atoms with Gasteiger partial charge in [0.2, 0.25) is 5.89 Å². The molecule has 28 heavy (non-hydrogen) atoms. The average Bonchev–Trinajstić information content (AvgIpc) is 3.21. The van der Waals surface area contributed by atoms with Crippen molar-refractivity contribution in [2.45, 2.75) is 13.0 Å². The van der Waals surface area contributed by atoms with Gasteiger partial charge in [-0.3, -0.25) is 14.3 Å². The molecule has 0 saturated heterocycles. The fourth-order valence-corrected chi connectivity index (χ4v) is 2.69. The molecule has 7 nitrogen and oxygen atoms in total. The third-order valence-electron chi connectivity index (χ3n) is 4.02. The number of pyridine rings is 1. The van der Waals surface area contributed by atoms with Crippen molar-refractivity contribution in [3.63, 3.8) is 0 Å². The lowest BCUT2D eigenvalue weighted by Crippen LogP contribution is -2.22. The molecular weight excluding hydrogens is 368 g/mol. The average molecular weight is 381 g/mol. The standard InChI is InChI=1S/C19H13F2N5O2/c20-16(21)19-25-24-18(28-19)13-5-3-12(4-6-13)11-26-15(27)7-9-23-17(26)14-2-1-8-22-10-14/h1-10,16H,11H2. The maximum Gasteiger partial charge on any atom is 0.314 e. The Hall–Kier alpha value is -3.75. The molecule has 0 aliphatic rings. The van der Waals surface area contributed by atoms with Crippen LogP contribution in [-0.2, 0) is 6.54 Å². The zero-order valence-corrected chi connectivity index (χ0v) is 14.4. The number of nitrogens with zero attached hydrogens (tertiary/aromatic N) is 5. The Labute approximate surface area is 157 Å². The van der Waals surface area contributed by atoms with Crippen molar-refractivity contribution < 1.29 is 13.2 Å². The number of benzene rings is 1. The number of hydrogen-bond acceptors (Lipinski definition) is 6. The molecule has 0 radical (unpaired) electrons. The fourth-order valence-electron chi connectivity index (χ4n) is 2.69. The molecule has 0 amide bonds. The lowest BCUT2D eigenvalue weighted by Gasteiger charge is -2.11. The first-order chi connectivity index (χ1) is 13.6. The van der Waals surface area contributed by atoms with Crippen LogP contribution in [0.2, 0.25) is 0 Å². The van der Waals surface area contributed by atoms with Gasteiger partial charge in [-0.1, -0.05) is 12.1 Å². The molecule has 0 N–H and O–H groups in total. The Morgan fingerprint density at radius 2 is 1.82 bits per heavy atom. The zero-order valence-electron chi connectivity index (χ0n) is 14.4. The summed E-state index contributed by atoms with van der Waals surface area (Å²) in [6.07, 6.45) is 1.92. The minimum absolute atomic E-state index is 0.0106. The first kappa shape index (κ1) is 17.7. The van der Waals surface area contributed by atoms with E-state index in [4.69, 9.17) is 4.42 Å². The number of hydrogen-bond donors (Lipinski definition) is 0. The van der Waals surface area contributed by atoms with Gasteiger partial charge in [0.25, 0.3) is 11.4 Å². The van der Waals surface area contributed by atoms with Crippen molar-refractivity contribution in [1.29, 1.82) is 0 Å². The van der Waals surface area contributed by atoms with E-state index >= 15 is 0 Å². The summed E-state index contributed by atoms with van der Waals surface area (Å²) in [5.74, 6) is -0.207. The van der Waals surface area contributed by atoms with Gasteiger partial charge in [0, 0.05) is 35.8 Å². The van der Waals surface area contributed by atoms with Crippen molar-refractivity contribution in [2.24, 2.45) is 0 Å². The summed E-state index contributed by atoms with van der Waals surface area (Å²) in [4.78, 5) is 20.7. The van der Waals surface area contributed by atoms with Gasteiger partial charge in [-0.25, -0.2) is 4.98 Å². The second kappa shape index (κ2) is 7.47. The Kier molecular flexibility index (Phi) is 4.71. The SMILES string of the molecule is O=c1ccnc(-c2cccnc2)n1Cc1ccc(-c2nnc(C(F)F)o2)cc1. The van der Waals surface area contributed by atoms with E-state index in [1.807, 2.05) is 6.07 Å². The Balaban J connectivity index is 1.63. The Morgan fingerprint density at radius 1 is 1.00 bits per heavy atom. The van der Waals surface area contributed by atoms with E-state index in [1.54, 1.807) is 42.7 Å². The van der Waals surface area contributed by atoms with Crippen LogP contribution in [0.4, 0.5) is 8.78 Å². The lowest BCUT2D eigenvalue weighted by molar-refractivity contribution is 0.116. The summed E-state index contributed by atoms with van der Waals surface area (Å²) < 4.78 is 31.6. The molecule has 4 aromatic rings. The van der Waals surface area contributed by atoms with Crippen molar-refractivity contribution in [2.75, 3.05) is 0 Å². The van der Waals surface area contributed by atoms with E-state index in [-0.39, 0.29) is 18.0 Å². The van der Waals surface area contributed by atoms with Gasteiger partial charge >= 0.3 is 6.43 Å². The van der Waals surface area contributed by atoms with Crippen molar-refractivity contribution in [3.8, 4) is 22.8 Å². The smallest absolute Gasteiger partial charge is 0.314 e. The fraction of sp³-hybridized carbons (Fsp3) is 0.105. The van der Waals surface area contributed by atoms with Crippen LogP contribution in [-0.4, -0.2) is 24.7 Å². The monoisotopic (exact) mass is 381 g/mol. The van der Waals surface area contributed by atoms with E-state index in [9.17, 15) is 13.6 Å². The first-order valence-electron chi connectivity index (χ1n) is 8.29. The summed E-state index contributed by atoms with van der Waals surface area (Å²) in [5, 5.41) is 6.93. The summed E-state index contributed by atoms with van der Waals surface area (Å²) in [7, 11) is 0. The highest BCUT2D eigenvalue weighted by Crippen LogP contribution is 2.23. The highest BCUT2D eigenvalue weighted by atomic mass is 19.3. The molecule has 0 aliphatic carbocycles. The molecule has 0 unspecified atom stereocenters. The molecular formula is C19H13F2N5O2. The molecule has 0 spiro atoms. The van der Waals surface area contributed by atoms with Crippen LogP contribution >= 0.6 is 0 Å². The molecule has 3 aromatic heterocycles. The van der Waals surface area contributed by atoms with Crippen LogP contribution in [0.3, 0.4) is 0 Å². The molecule has 0 bridgehead atoms. The Bertz CT molecular complexity index is 1140. The first-order valence-corrected chi connectivity index (χ1v) is 8.29. The molecule has 3 heterocycles. The summed E-state index contributed by atoms with van der Waals surface area (Å²) in [6.45, 7) is 0.281. The van der Waals surface area contributed by atoms with E-state index < -0.39 is 12.3 Å². The number of rotatable bonds is 5. The van der Waals surface area contributed by atoms with E-state index in [1.165, 1.54) is 16.8 Å². The maximum absolute atomic E-state index is 12.6. The molecule has 9 heteroatoms. The van der Waals surface area contributed by atoms with E-state index in [0.29, 0.717) is 11.4 Å². The van der Waals surface area contributed by atoms with Crippen LogP contribution in [0, 0.1) is 0 Å². The van der Waals surface area contributed by atoms with E-state index in [0.717, 1.165) is 11.1 Å². The largest absolute Gasteiger partial charge is 0.415 e. The van der Waals surface area contributed by atoms with Crippen LogP contribution in [0.25, 0.3) is 22.8 Å². The molecule has 4 rings (SSSR count). The van der Waals surface area contributed by atoms with Crippen LogP contribution in [0.15, 0.2) is 70.3 Å². The summed E-state index contributed by atoms with van der Waals surface area (Å²) in [6, 6.07) is 11.8. The molecule has 140 valence electrons. The third kappa shape index (κ3) is 3.54. The maximum atomic E-state index is 12.6. The van der Waals surface area contributed by atoms with Gasteiger partial charge in [0.1, 0.15) is 5.82 Å². The van der Waals surface area contributed by atoms with Gasteiger partial charge in [0.05, 0.1) is 6.54 Å². The van der Waals surface area contributed by atoms with Gasteiger partial charge in [0.15, 0.2) is 0 Å². The normalized spacial score (nSPS) is 11.1. The predicted molar refractivity (Wildman–Crippen MR) is 95.5 cm³/mol. The van der Waals surface area contributed by atoms with Crippen molar-refractivity contribution >= 4 is 0 Å². The van der Waals surface area contributed by atoms with Crippen molar-refractivity contribution in [3.05, 3.63) is 82.9 Å². The summed E-state index contributed by atoms with van der Waals surface area (Å²) >= 11 is 0. The third-order valence-corrected chi connectivity index (χ3v) is 4.02. The van der Waals surface area contributed by atoms with Crippen LogP contribution < -0.4 is 5.56 Å². The van der Waals surface area contributed by atoms with Gasteiger partial charge in [-0.15, -0.1) is 10.2 Å². The lowest BCUT2D eigenvalue weighted by atomic mass is 10.1. The minimum Gasteiger partial charge on any atom is -0.415 e. The second-order valence-electron chi connectivity index (χ2n) is 5.88. The predicted octanol–water partition coefficient (Wildman–Crippen LogP) is 3.34. The van der Waals surface area contributed by atoms with Gasteiger partial charge in [-0.05, 0) is 29.8 Å². The molecule has 1 aromatic carbocycles. The van der Waals surface area contributed by atoms with E-state index in [2.05, 4.69) is 20.2 Å². The zero-order chi connectivity index (χ0) is 19.5. The Morgan fingerprint density at radius 3 is 2.50 bits per heavy atom. The highest BCUT2D eigenvalue weighted by molar-refractivity contribution is 5.54. The highest BCUT2D eigenvalue weighted by Gasteiger charge is 2.17. The molecule has 0 saturated carbocycles. The topological polar surface area (TPSA) is 86.7 Å². The van der Waals surface area contributed by atoms with Gasteiger partial charge in [-0.2, -0.15) is 8.78 Å². The quantitative estimate of drug-likeness (QED) is 0.527. The molecule has 0 atom stereocenters. The summed E-state index contributed by atoms with van der Waals surface area (Å²) in [5.41, 5.74) is 1.85.